The van der Waals surface area contributed by atoms with E-state index in [2.05, 4.69) is 10.3 Å². The van der Waals surface area contributed by atoms with Gasteiger partial charge >= 0.3 is 0 Å². The molecular weight excluding hydrogens is 380 g/mol. The van der Waals surface area contributed by atoms with Gasteiger partial charge in [0.05, 0.1) is 22.3 Å². The predicted molar refractivity (Wildman–Crippen MR) is 99.0 cm³/mol. The minimum absolute atomic E-state index is 0.202. The number of nitrogens with one attached hydrogen (secondary N) is 1. The normalized spacial score (nSPS) is 10.9. The summed E-state index contributed by atoms with van der Waals surface area (Å²) in [6.45, 7) is 1.68. The highest BCUT2D eigenvalue weighted by Crippen LogP contribution is 2.23. The van der Waals surface area contributed by atoms with Crippen molar-refractivity contribution in [1.82, 2.24) is 14.9 Å². The highest BCUT2D eigenvalue weighted by atomic mass is 35.5. The molecule has 0 saturated carbocycles. The van der Waals surface area contributed by atoms with E-state index in [0.29, 0.717) is 16.1 Å². The molecule has 0 bridgehead atoms. The van der Waals surface area contributed by atoms with Gasteiger partial charge in [-0.05, 0) is 36.2 Å². The van der Waals surface area contributed by atoms with Crippen molar-refractivity contribution in [2.24, 2.45) is 0 Å². The Bertz CT molecular complexity index is 1070. The summed E-state index contributed by atoms with van der Waals surface area (Å²) in [6, 6.07) is 7.56. The second-order valence-corrected chi connectivity index (χ2v) is 6.67. The van der Waals surface area contributed by atoms with E-state index >= 15 is 0 Å². The number of hydrogen-bond acceptors (Lipinski definition) is 3. The molecule has 0 aliphatic carbocycles. The minimum Gasteiger partial charge on any atom is -0.350 e. The van der Waals surface area contributed by atoms with Crippen molar-refractivity contribution in [3.63, 3.8) is 0 Å². The summed E-state index contributed by atoms with van der Waals surface area (Å²) in [4.78, 5) is 28.8. The van der Waals surface area contributed by atoms with Gasteiger partial charge in [0, 0.05) is 11.6 Å². The summed E-state index contributed by atoms with van der Waals surface area (Å²) in [5.41, 5.74) is 1.19. The second kappa shape index (κ2) is 7.43. The fourth-order valence-electron chi connectivity index (χ4n) is 2.54. The molecule has 0 spiro atoms. The Hall–Kier alpha value is -2.44. The summed E-state index contributed by atoms with van der Waals surface area (Å²) in [7, 11) is 0. The molecule has 1 amide bonds. The van der Waals surface area contributed by atoms with Gasteiger partial charge in [0.2, 0.25) is 5.91 Å². The van der Waals surface area contributed by atoms with Crippen molar-refractivity contribution in [2.75, 3.05) is 0 Å². The number of benzene rings is 2. The number of aryl methyl sites for hydroxylation is 1. The van der Waals surface area contributed by atoms with E-state index in [1.807, 2.05) is 0 Å². The van der Waals surface area contributed by atoms with Gasteiger partial charge in [-0.15, -0.1) is 0 Å². The highest BCUT2D eigenvalue weighted by molar-refractivity contribution is 6.38. The third-order valence-corrected chi connectivity index (χ3v) is 4.38. The number of aromatic nitrogens is 2. The van der Waals surface area contributed by atoms with Crippen LogP contribution in [0.5, 0.6) is 0 Å². The van der Waals surface area contributed by atoms with Crippen LogP contribution in [0.1, 0.15) is 11.1 Å². The smallest absolute Gasteiger partial charge is 0.261 e. The number of carbonyl (C=O) groups is 1. The molecule has 1 aromatic heterocycles. The zero-order chi connectivity index (χ0) is 18.8. The lowest BCUT2D eigenvalue weighted by Gasteiger charge is -2.09. The second-order valence-electron chi connectivity index (χ2n) is 5.82. The van der Waals surface area contributed by atoms with E-state index in [9.17, 15) is 14.0 Å². The third kappa shape index (κ3) is 3.86. The Morgan fingerprint density at radius 3 is 2.77 bits per heavy atom. The van der Waals surface area contributed by atoms with Gasteiger partial charge in [0.1, 0.15) is 12.4 Å². The molecule has 26 heavy (non-hydrogen) atoms. The van der Waals surface area contributed by atoms with Crippen molar-refractivity contribution in [3.8, 4) is 0 Å². The molecule has 3 aromatic rings. The van der Waals surface area contributed by atoms with Gasteiger partial charge in [-0.3, -0.25) is 14.2 Å². The van der Waals surface area contributed by atoms with Crippen LogP contribution in [0.3, 0.4) is 0 Å². The number of carbonyl (C=O) groups excluding carboxylic acids is 1. The summed E-state index contributed by atoms with van der Waals surface area (Å²) in [5.74, 6) is -0.672. The summed E-state index contributed by atoms with van der Waals surface area (Å²) < 4.78 is 14.4. The zero-order valence-electron chi connectivity index (χ0n) is 13.7. The van der Waals surface area contributed by atoms with Crippen LogP contribution in [0.15, 0.2) is 41.5 Å². The SMILES string of the molecule is Cc1cc(CNC(=O)Cn2cnc3c(Cl)cc(Cl)cc3c2=O)ccc1F. The van der Waals surface area contributed by atoms with E-state index in [-0.39, 0.29) is 35.2 Å². The maximum Gasteiger partial charge on any atom is 0.261 e. The Kier molecular flexibility index (Phi) is 5.25. The molecule has 0 saturated heterocycles. The number of nitrogens with zero attached hydrogens (tertiary/aromatic N) is 2. The Balaban J connectivity index is 1.76. The molecule has 0 radical (unpaired) electrons. The summed E-state index contributed by atoms with van der Waals surface area (Å²) in [6.07, 6.45) is 1.27. The lowest BCUT2D eigenvalue weighted by molar-refractivity contribution is -0.121. The first-order chi connectivity index (χ1) is 12.3. The van der Waals surface area contributed by atoms with Crippen LogP contribution in [-0.4, -0.2) is 15.5 Å². The van der Waals surface area contributed by atoms with Gasteiger partial charge in [0.15, 0.2) is 0 Å². The van der Waals surface area contributed by atoms with Crippen molar-refractivity contribution >= 4 is 40.0 Å². The lowest BCUT2D eigenvalue weighted by atomic mass is 10.1. The molecule has 3 rings (SSSR count). The fourth-order valence-corrected chi connectivity index (χ4v) is 3.08. The molecule has 5 nitrogen and oxygen atoms in total. The summed E-state index contributed by atoms with van der Waals surface area (Å²) >= 11 is 12.0. The standard InChI is InChI=1S/C18H14Cl2FN3O2/c1-10-4-11(2-3-15(10)21)7-22-16(25)8-24-9-23-17-13(18(24)26)5-12(19)6-14(17)20/h2-6,9H,7-8H2,1H3,(H,22,25). The molecule has 2 aromatic carbocycles. The van der Waals surface area contributed by atoms with Crippen LogP contribution in [0.4, 0.5) is 4.39 Å². The van der Waals surface area contributed by atoms with E-state index < -0.39 is 5.56 Å². The van der Waals surface area contributed by atoms with Gasteiger partial charge in [0.25, 0.3) is 5.56 Å². The van der Waals surface area contributed by atoms with Crippen molar-refractivity contribution in [3.05, 3.63) is 74.0 Å². The lowest BCUT2D eigenvalue weighted by Crippen LogP contribution is -2.32. The first kappa shape index (κ1) is 18.4. The van der Waals surface area contributed by atoms with Crippen LogP contribution in [0, 0.1) is 12.7 Å². The number of halogens is 3. The molecule has 1 heterocycles. The number of fused-ring (bicyclic) bond motifs is 1. The Labute approximate surface area is 158 Å². The maximum absolute atomic E-state index is 13.3. The maximum atomic E-state index is 13.3. The monoisotopic (exact) mass is 393 g/mol. The number of rotatable bonds is 4. The van der Waals surface area contributed by atoms with E-state index in [0.717, 1.165) is 5.56 Å². The fraction of sp³-hybridized carbons (Fsp3) is 0.167. The third-order valence-electron chi connectivity index (χ3n) is 3.87. The average Bonchev–Trinajstić information content (AvgIpc) is 2.59. The molecule has 0 unspecified atom stereocenters. The molecule has 134 valence electrons. The predicted octanol–water partition coefficient (Wildman–Crippen LogP) is 3.47. The Morgan fingerprint density at radius 2 is 2.04 bits per heavy atom. The van der Waals surface area contributed by atoms with Crippen LogP contribution in [0.2, 0.25) is 10.0 Å². The summed E-state index contributed by atoms with van der Waals surface area (Å²) in [5, 5.41) is 3.52. The molecule has 0 aliphatic rings. The first-order valence-electron chi connectivity index (χ1n) is 7.71. The molecule has 8 heteroatoms. The van der Waals surface area contributed by atoms with Crippen molar-refractivity contribution < 1.29 is 9.18 Å². The highest BCUT2D eigenvalue weighted by Gasteiger charge is 2.11. The van der Waals surface area contributed by atoms with E-state index in [1.54, 1.807) is 19.1 Å². The molecule has 0 atom stereocenters. The molecule has 0 aliphatic heterocycles. The van der Waals surface area contributed by atoms with Gasteiger partial charge in [-0.25, -0.2) is 9.37 Å². The number of amides is 1. The molecule has 0 fully saturated rings. The molecular formula is C18H14Cl2FN3O2. The van der Waals surface area contributed by atoms with Gasteiger partial charge in [-0.2, -0.15) is 0 Å². The first-order valence-corrected chi connectivity index (χ1v) is 8.46. The zero-order valence-corrected chi connectivity index (χ0v) is 15.2. The number of hydrogen-bond donors (Lipinski definition) is 1. The van der Waals surface area contributed by atoms with Crippen molar-refractivity contribution in [1.29, 1.82) is 0 Å². The average molecular weight is 394 g/mol. The van der Waals surface area contributed by atoms with E-state index in [1.165, 1.54) is 29.1 Å². The van der Waals surface area contributed by atoms with Crippen LogP contribution >= 0.6 is 23.2 Å². The van der Waals surface area contributed by atoms with Crippen LogP contribution < -0.4 is 10.9 Å². The minimum atomic E-state index is -0.410. The van der Waals surface area contributed by atoms with Crippen molar-refractivity contribution in [2.45, 2.75) is 20.0 Å². The van der Waals surface area contributed by atoms with E-state index in [4.69, 9.17) is 23.2 Å². The van der Waals surface area contributed by atoms with Gasteiger partial charge in [-0.1, -0.05) is 35.3 Å². The molecule has 1 N–H and O–H groups in total. The Morgan fingerprint density at radius 1 is 1.27 bits per heavy atom. The van der Waals surface area contributed by atoms with Crippen LogP contribution in [0.25, 0.3) is 10.9 Å². The largest absolute Gasteiger partial charge is 0.350 e. The van der Waals surface area contributed by atoms with Gasteiger partial charge < -0.3 is 5.32 Å². The topological polar surface area (TPSA) is 64.0 Å². The van der Waals surface area contributed by atoms with Crippen LogP contribution in [-0.2, 0) is 17.9 Å². The quantitative estimate of drug-likeness (QED) is 0.737.